The topological polar surface area (TPSA) is 30.0 Å². The van der Waals surface area contributed by atoms with Gasteiger partial charge in [0.05, 0.1) is 5.52 Å². The number of aromatic nitrogens is 1. The normalized spacial score (nSPS) is 11.1. The zero-order valence-electron chi connectivity index (χ0n) is 8.56. The highest BCUT2D eigenvalue weighted by molar-refractivity contribution is 8.01. The van der Waals surface area contributed by atoms with Crippen molar-refractivity contribution in [3.05, 3.63) is 34.5 Å². The Bertz CT molecular complexity index is 533. The number of hydrogen-bond acceptors (Lipinski definition) is 4. The second-order valence-corrected chi connectivity index (χ2v) is 6.27. The Labute approximate surface area is 96.4 Å². The largest absolute Gasteiger partial charge is 0.288 e. The second-order valence-electron chi connectivity index (χ2n) is 3.44. The molecule has 0 fully saturated rings. The van der Waals surface area contributed by atoms with Gasteiger partial charge in [0, 0.05) is 5.25 Å². The molecule has 0 saturated carbocycles. The van der Waals surface area contributed by atoms with Crippen molar-refractivity contribution >= 4 is 33.3 Å². The third-order valence-corrected chi connectivity index (χ3v) is 3.99. The summed E-state index contributed by atoms with van der Waals surface area (Å²) < 4.78 is 1.73. The van der Waals surface area contributed by atoms with Crippen LogP contribution >= 0.6 is 23.1 Å². The van der Waals surface area contributed by atoms with Crippen molar-refractivity contribution in [2.24, 2.45) is 0 Å². The van der Waals surface area contributed by atoms with E-state index in [1.807, 2.05) is 12.1 Å². The molecule has 0 unspecified atom stereocenters. The van der Waals surface area contributed by atoms with Crippen LogP contribution in [0.4, 0.5) is 0 Å². The van der Waals surface area contributed by atoms with E-state index < -0.39 is 0 Å². The van der Waals surface area contributed by atoms with E-state index in [9.17, 15) is 4.79 Å². The van der Waals surface area contributed by atoms with E-state index >= 15 is 0 Å². The molecule has 0 aliphatic rings. The van der Waals surface area contributed by atoms with Crippen molar-refractivity contribution in [1.29, 1.82) is 0 Å². The van der Waals surface area contributed by atoms with Crippen LogP contribution in [0.3, 0.4) is 0 Å². The summed E-state index contributed by atoms with van der Waals surface area (Å²) in [4.78, 5) is 16.1. The molecule has 0 saturated heterocycles. The van der Waals surface area contributed by atoms with Gasteiger partial charge in [0.1, 0.15) is 4.70 Å². The molecule has 0 radical (unpaired) electrons. The van der Waals surface area contributed by atoms with Gasteiger partial charge >= 0.3 is 0 Å². The van der Waals surface area contributed by atoms with Gasteiger partial charge in [-0.2, -0.15) is 0 Å². The molecule has 2 nitrogen and oxygen atoms in total. The molecule has 0 aliphatic heterocycles. The van der Waals surface area contributed by atoms with E-state index in [-0.39, 0.29) is 5.43 Å². The molecule has 0 atom stereocenters. The van der Waals surface area contributed by atoms with Crippen molar-refractivity contribution < 1.29 is 0 Å². The van der Waals surface area contributed by atoms with E-state index in [2.05, 4.69) is 18.8 Å². The van der Waals surface area contributed by atoms with Gasteiger partial charge in [-0.1, -0.05) is 37.7 Å². The monoisotopic (exact) mass is 237 g/mol. The summed E-state index contributed by atoms with van der Waals surface area (Å²) in [6.45, 7) is 4.24. The summed E-state index contributed by atoms with van der Waals surface area (Å²) in [5.74, 6) is 0. The van der Waals surface area contributed by atoms with Crippen LogP contribution in [0.5, 0.6) is 0 Å². The number of thiazole rings is 1. The van der Waals surface area contributed by atoms with Gasteiger partial charge in [-0.15, -0.1) is 11.3 Å². The van der Waals surface area contributed by atoms with Crippen molar-refractivity contribution in [3.8, 4) is 0 Å². The first-order valence-corrected chi connectivity index (χ1v) is 6.43. The van der Waals surface area contributed by atoms with E-state index in [0.29, 0.717) is 5.25 Å². The number of fused-ring (bicyclic) bond motifs is 1. The van der Waals surface area contributed by atoms with Gasteiger partial charge in [-0.25, -0.2) is 4.98 Å². The Hall–Kier alpha value is -0.870. The van der Waals surface area contributed by atoms with Crippen LogP contribution < -0.4 is 5.43 Å². The van der Waals surface area contributed by atoms with Gasteiger partial charge in [-0.3, -0.25) is 4.79 Å². The van der Waals surface area contributed by atoms with Gasteiger partial charge in [0.15, 0.2) is 9.77 Å². The van der Waals surface area contributed by atoms with Gasteiger partial charge in [-0.05, 0) is 12.1 Å². The second kappa shape index (κ2) is 4.33. The molecule has 78 valence electrons. The van der Waals surface area contributed by atoms with Crippen molar-refractivity contribution in [2.45, 2.75) is 23.4 Å². The number of hydrogen-bond donors (Lipinski definition) is 0. The Morgan fingerprint density at radius 1 is 1.33 bits per heavy atom. The lowest BCUT2D eigenvalue weighted by molar-refractivity contribution is 1.10. The van der Waals surface area contributed by atoms with Crippen LogP contribution in [0.2, 0.25) is 0 Å². The molecular formula is C11H11NOS2. The summed E-state index contributed by atoms with van der Waals surface area (Å²) in [7, 11) is 0. The average Bonchev–Trinajstić information content (AvgIpc) is 2.47. The minimum Gasteiger partial charge on any atom is -0.288 e. The van der Waals surface area contributed by atoms with Gasteiger partial charge in [0.25, 0.3) is 0 Å². The van der Waals surface area contributed by atoms with Crippen molar-refractivity contribution in [1.82, 2.24) is 4.98 Å². The van der Waals surface area contributed by atoms with E-state index in [1.54, 1.807) is 23.9 Å². The maximum atomic E-state index is 11.6. The summed E-state index contributed by atoms with van der Waals surface area (Å²) in [5.41, 5.74) is 0.862. The highest BCUT2D eigenvalue weighted by Crippen LogP contribution is 2.29. The maximum Gasteiger partial charge on any atom is 0.198 e. The fourth-order valence-corrected chi connectivity index (χ4v) is 3.50. The van der Waals surface area contributed by atoms with Crippen LogP contribution in [-0.2, 0) is 0 Å². The molecule has 2 aromatic rings. The first kappa shape index (κ1) is 10.6. The molecule has 2 rings (SSSR count). The highest BCUT2D eigenvalue weighted by Gasteiger charge is 2.07. The molecule has 1 aromatic carbocycles. The number of thioether (sulfide) groups is 1. The first-order valence-electron chi connectivity index (χ1n) is 4.73. The Morgan fingerprint density at radius 3 is 2.80 bits per heavy atom. The third-order valence-electron chi connectivity index (χ3n) is 1.81. The van der Waals surface area contributed by atoms with E-state index in [4.69, 9.17) is 0 Å². The smallest absolute Gasteiger partial charge is 0.198 e. The van der Waals surface area contributed by atoms with Crippen molar-refractivity contribution in [3.63, 3.8) is 0 Å². The predicted molar refractivity (Wildman–Crippen MR) is 66.9 cm³/mol. The lowest BCUT2D eigenvalue weighted by Gasteiger charge is -1.97. The molecule has 1 aromatic heterocycles. The number of nitrogens with zero attached hydrogens (tertiary/aromatic N) is 1. The minimum atomic E-state index is 0.0584. The Kier molecular flexibility index (Phi) is 3.07. The Balaban J connectivity index is 2.58. The van der Waals surface area contributed by atoms with Crippen molar-refractivity contribution in [2.75, 3.05) is 0 Å². The van der Waals surface area contributed by atoms with Crippen LogP contribution in [-0.4, -0.2) is 10.2 Å². The lowest BCUT2D eigenvalue weighted by atomic mass is 10.5. The Morgan fingerprint density at radius 2 is 2.07 bits per heavy atom. The minimum absolute atomic E-state index is 0.0584. The fraction of sp³-hybridized carbons (Fsp3) is 0.273. The zero-order chi connectivity index (χ0) is 10.8. The summed E-state index contributed by atoms with van der Waals surface area (Å²) in [6, 6.07) is 7.08. The van der Waals surface area contributed by atoms with Crippen LogP contribution in [0, 0.1) is 0 Å². The van der Waals surface area contributed by atoms with Gasteiger partial charge < -0.3 is 0 Å². The van der Waals surface area contributed by atoms with Crippen LogP contribution in [0.15, 0.2) is 33.4 Å². The summed E-state index contributed by atoms with van der Waals surface area (Å²) in [5, 5.41) is 0.495. The van der Waals surface area contributed by atoms with E-state index in [1.165, 1.54) is 11.3 Å². The van der Waals surface area contributed by atoms with E-state index in [0.717, 1.165) is 14.6 Å². The third kappa shape index (κ3) is 2.38. The molecule has 0 amide bonds. The molecule has 0 aliphatic carbocycles. The summed E-state index contributed by atoms with van der Waals surface area (Å²) in [6.07, 6.45) is 0. The molecule has 0 N–H and O–H groups in total. The zero-order valence-corrected chi connectivity index (χ0v) is 10.2. The highest BCUT2D eigenvalue weighted by atomic mass is 32.2. The molecule has 4 heteroatoms. The average molecular weight is 237 g/mol. The predicted octanol–water partition coefficient (Wildman–Crippen LogP) is 3.16. The molecule has 1 heterocycles. The molecular weight excluding hydrogens is 226 g/mol. The quantitative estimate of drug-likeness (QED) is 0.751. The van der Waals surface area contributed by atoms with Crippen LogP contribution in [0.1, 0.15) is 13.8 Å². The first-order chi connectivity index (χ1) is 7.16. The molecule has 0 spiro atoms. The van der Waals surface area contributed by atoms with Crippen LogP contribution in [0.25, 0.3) is 10.2 Å². The molecule has 0 bridgehead atoms. The lowest BCUT2D eigenvalue weighted by Crippen LogP contribution is -1.90. The summed E-state index contributed by atoms with van der Waals surface area (Å²) >= 11 is 3.18. The van der Waals surface area contributed by atoms with Gasteiger partial charge in [0.2, 0.25) is 0 Å². The SMILES string of the molecule is CC(C)Sc1nc2ccccc(=O)c2s1. The molecule has 15 heavy (non-hydrogen) atoms. The maximum absolute atomic E-state index is 11.6. The number of rotatable bonds is 2. The fourth-order valence-electron chi connectivity index (χ4n) is 1.22. The standard InChI is InChI=1S/C11H11NOS2/c1-7(2)14-11-12-8-5-3-4-6-9(13)10(8)15-11/h3-7H,1-2H3.